The zero-order chi connectivity index (χ0) is 22.7. The molecule has 0 saturated carbocycles. The van der Waals surface area contributed by atoms with Gasteiger partial charge in [-0.25, -0.2) is 0 Å². The van der Waals surface area contributed by atoms with Crippen molar-refractivity contribution in [1.82, 2.24) is 0 Å². The summed E-state index contributed by atoms with van der Waals surface area (Å²) in [6, 6.07) is 4.53. The summed E-state index contributed by atoms with van der Waals surface area (Å²) in [7, 11) is 0. The molecular weight excluding hydrogens is 372 g/mol. The average molecular weight is 412 g/mol. The molecule has 0 N–H and O–H groups in total. The second-order valence-corrected chi connectivity index (χ2v) is 8.62. The second-order valence-electron chi connectivity index (χ2n) is 8.62. The lowest BCUT2D eigenvalue weighted by molar-refractivity contribution is -0.297. The van der Waals surface area contributed by atoms with Crippen molar-refractivity contribution in [3.8, 4) is 5.75 Å². The molecule has 0 saturated heterocycles. The third-order valence-electron chi connectivity index (χ3n) is 5.15. The fourth-order valence-electron chi connectivity index (χ4n) is 3.26. The maximum atomic E-state index is 10.7. The Labute approximate surface area is 183 Å². The van der Waals surface area contributed by atoms with E-state index in [9.17, 15) is 9.90 Å². The van der Waals surface area contributed by atoms with E-state index in [0.29, 0.717) is 17.4 Å². The Morgan fingerprint density at radius 2 is 1.77 bits per heavy atom. The first-order chi connectivity index (χ1) is 14.2. The molecule has 0 bridgehead atoms. The normalized spacial score (nSPS) is 13.0. The molecule has 0 amide bonds. The van der Waals surface area contributed by atoms with Crippen LogP contribution in [0.2, 0.25) is 0 Å². The summed E-state index contributed by atoms with van der Waals surface area (Å²) in [5.74, 6) is 0.596. The predicted octanol–water partition coefficient (Wildman–Crippen LogP) is 6.55. The van der Waals surface area contributed by atoms with Crippen LogP contribution in [0.1, 0.15) is 103 Å². The van der Waals surface area contributed by atoms with Crippen molar-refractivity contribution >= 4 is 11.5 Å². The van der Waals surface area contributed by atoms with Crippen molar-refractivity contribution in [1.29, 1.82) is 0 Å². The molecule has 0 unspecified atom stereocenters. The molecule has 1 rings (SSSR count). The number of carboxylic acid groups (broad SMARTS) is 1. The van der Waals surface area contributed by atoms with Crippen LogP contribution in [-0.4, -0.2) is 12.6 Å². The Kier molecular flexibility index (Phi) is 11.2. The highest BCUT2D eigenvalue weighted by Gasteiger charge is 2.17. The zero-order valence-corrected chi connectivity index (χ0v) is 19.9. The number of allylic oxidation sites excluding steroid dienone is 5. The summed E-state index contributed by atoms with van der Waals surface area (Å²) >= 11 is 0. The largest absolute Gasteiger partial charge is 0.545 e. The number of ether oxygens (including phenoxy) is 1. The van der Waals surface area contributed by atoms with Crippen LogP contribution in [0.25, 0.3) is 5.57 Å². The van der Waals surface area contributed by atoms with E-state index in [-0.39, 0.29) is 0 Å². The minimum absolute atomic E-state index is 0.365. The average Bonchev–Trinajstić information content (AvgIpc) is 2.66. The summed E-state index contributed by atoms with van der Waals surface area (Å²) in [6.45, 7) is 15.6. The summed E-state index contributed by atoms with van der Waals surface area (Å²) in [5, 5.41) is 10.7. The Morgan fingerprint density at radius 1 is 1.07 bits per heavy atom. The maximum absolute atomic E-state index is 10.7. The third-order valence-corrected chi connectivity index (χ3v) is 5.15. The lowest BCUT2D eigenvalue weighted by atomic mass is 9.89. The fraction of sp³-hybridized carbons (Fsp3) is 0.519. The van der Waals surface area contributed by atoms with E-state index in [1.54, 1.807) is 13.0 Å². The van der Waals surface area contributed by atoms with E-state index in [0.717, 1.165) is 36.0 Å². The number of hydrogen-bond donors (Lipinski definition) is 0. The predicted molar refractivity (Wildman–Crippen MR) is 126 cm³/mol. The van der Waals surface area contributed by atoms with Crippen molar-refractivity contribution in [3.63, 3.8) is 0 Å². The van der Waals surface area contributed by atoms with Crippen LogP contribution in [0, 0.1) is 0 Å². The van der Waals surface area contributed by atoms with Crippen molar-refractivity contribution in [2.24, 2.45) is 0 Å². The summed E-state index contributed by atoms with van der Waals surface area (Å²) in [4.78, 5) is 10.7. The van der Waals surface area contributed by atoms with Gasteiger partial charge in [-0.05, 0) is 66.5 Å². The molecule has 0 spiro atoms. The van der Waals surface area contributed by atoms with Crippen LogP contribution in [0.5, 0.6) is 5.75 Å². The van der Waals surface area contributed by atoms with Gasteiger partial charge in [0.25, 0.3) is 0 Å². The second kappa shape index (κ2) is 13.1. The summed E-state index contributed by atoms with van der Waals surface area (Å²) in [6.07, 6.45) is 11.5. The van der Waals surface area contributed by atoms with E-state index < -0.39 is 5.97 Å². The molecule has 1 aromatic rings. The molecule has 0 aliphatic rings. The number of aliphatic carboxylic acids is 1. The van der Waals surface area contributed by atoms with Crippen LogP contribution >= 0.6 is 0 Å². The number of hydrogen-bond acceptors (Lipinski definition) is 3. The third kappa shape index (κ3) is 8.61. The number of carbonyl (C=O) groups excluding carboxylic acids is 1. The number of carbonyl (C=O) groups is 1. The molecule has 166 valence electrons. The van der Waals surface area contributed by atoms with Crippen molar-refractivity contribution < 1.29 is 14.6 Å². The van der Waals surface area contributed by atoms with E-state index in [1.165, 1.54) is 30.4 Å². The maximum Gasteiger partial charge on any atom is 0.130 e. The van der Waals surface area contributed by atoms with Crippen LogP contribution in [-0.2, 0) is 4.79 Å². The lowest BCUT2D eigenvalue weighted by Crippen LogP contribution is -2.19. The highest BCUT2D eigenvalue weighted by atomic mass is 16.5. The number of carboxylic acids is 1. The van der Waals surface area contributed by atoms with Gasteiger partial charge in [0.2, 0.25) is 0 Å². The molecule has 3 heteroatoms. The van der Waals surface area contributed by atoms with E-state index in [2.05, 4.69) is 53.7 Å². The van der Waals surface area contributed by atoms with Crippen molar-refractivity contribution in [3.05, 3.63) is 58.7 Å². The van der Waals surface area contributed by atoms with E-state index in [4.69, 9.17) is 4.74 Å². The molecule has 0 radical (unpaired) electrons. The molecule has 3 nitrogen and oxygen atoms in total. The Hall–Kier alpha value is -2.29. The number of unbranched alkanes of at least 4 members (excludes halogenated alkanes) is 3. The van der Waals surface area contributed by atoms with Gasteiger partial charge >= 0.3 is 0 Å². The van der Waals surface area contributed by atoms with Gasteiger partial charge < -0.3 is 14.6 Å². The monoisotopic (exact) mass is 411 g/mol. The first-order valence-corrected chi connectivity index (χ1v) is 11.2. The highest BCUT2D eigenvalue weighted by Crippen LogP contribution is 2.37. The standard InChI is InChI=1S/C27H40O3/c1-8-9-10-11-15-30-27-24(20(4)5)17-23(19(2)3)18-25(27)22(7)14-12-13-21(6)16-26(28)29/h12-14,16-20H,8-11,15H2,1-7H3,(H,28,29)/p-1. The van der Waals surface area contributed by atoms with Crippen LogP contribution in [0.4, 0.5) is 0 Å². The highest BCUT2D eigenvalue weighted by molar-refractivity contribution is 5.79. The quantitative estimate of drug-likeness (QED) is 0.223. The minimum atomic E-state index is -1.18. The SMILES string of the molecule is CCCCCCOc1c(C(C)=CC=CC(C)=CC(=O)[O-])cc(C(C)C)cc1C(C)C. The Bertz CT molecular complexity index is 780. The Morgan fingerprint density at radius 3 is 2.33 bits per heavy atom. The Balaban J connectivity index is 3.31. The number of rotatable bonds is 12. The minimum Gasteiger partial charge on any atom is -0.545 e. The van der Waals surface area contributed by atoms with Crippen molar-refractivity contribution in [2.45, 2.75) is 86.0 Å². The molecule has 30 heavy (non-hydrogen) atoms. The van der Waals surface area contributed by atoms with Gasteiger partial charge in [0, 0.05) is 5.56 Å². The molecule has 0 atom stereocenters. The topological polar surface area (TPSA) is 49.4 Å². The van der Waals surface area contributed by atoms with Gasteiger partial charge in [-0.15, -0.1) is 0 Å². The molecule has 0 aliphatic heterocycles. The number of benzene rings is 1. The molecule has 0 heterocycles. The summed E-state index contributed by atoms with van der Waals surface area (Å²) < 4.78 is 6.35. The van der Waals surface area contributed by atoms with Gasteiger partial charge in [-0.1, -0.05) is 78.2 Å². The molecule has 0 fully saturated rings. The van der Waals surface area contributed by atoms with Gasteiger partial charge in [0.1, 0.15) is 5.75 Å². The molecule has 0 aromatic heterocycles. The van der Waals surface area contributed by atoms with Crippen LogP contribution in [0.15, 0.2) is 42.0 Å². The molecule has 1 aromatic carbocycles. The smallest absolute Gasteiger partial charge is 0.130 e. The van der Waals surface area contributed by atoms with E-state index in [1.807, 2.05) is 12.2 Å². The first-order valence-electron chi connectivity index (χ1n) is 11.2. The van der Waals surface area contributed by atoms with Gasteiger partial charge in [-0.3, -0.25) is 0 Å². The van der Waals surface area contributed by atoms with E-state index >= 15 is 0 Å². The lowest BCUT2D eigenvalue weighted by Gasteiger charge is -2.21. The van der Waals surface area contributed by atoms with Gasteiger partial charge in [-0.2, -0.15) is 0 Å². The van der Waals surface area contributed by atoms with Gasteiger partial charge in [0.15, 0.2) is 0 Å². The first kappa shape index (κ1) is 25.7. The van der Waals surface area contributed by atoms with Crippen molar-refractivity contribution in [2.75, 3.05) is 6.61 Å². The van der Waals surface area contributed by atoms with Crippen LogP contribution in [0.3, 0.4) is 0 Å². The fourth-order valence-corrected chi connectivity index (χ4v) is 3.26. The molecular formula is C27H39O3-. The van der Waals surface area contributed by atoms with Crippen LogP contribution < -0.4 is 9.84 Å². The van der Waals surface area contributed by atoms with Gasteiger partial charge in [0.05, 0.1) is 12.6 Å². The zero-order valence-electron chi connectivity index (χ0n) is 19.9. The molecule has 0 aliphatic carbocycles. The summed E-state index contributed by atoms with van der Waals surface area (Å²) in [5.41, 5.74) is 5.41.